The zero-order valence-corrected chi connectivity index (χ0v) is 10.5. The minimum atomic E-state index is -1.03. The maximum absolute atomic E-state index is 11.2. The lowest BCUT2D eigenvalue weighted by Crippen LogP contribution is -2.07. The Morgan fingerprint density at radius 2 is 2.28 bits per heavy atom. The molecule has 5 nitrogen and oxygen atoms in total. The Labute approximate surface area is 108 Å². The largest absolute Gasteiger partial charge is 0.495 e. The number of nitrogens with two attached hydrogens (primary N) is 1. The molecule has 2 rings (SSSR count). The van der Waals surface area contributed by atoms with Crippen LogP contribution in [0.1, 0.15) is 16.1 Å². The molecule has 0 saturated carbocycles. The van der Waals surface area contributed by atoms with Gasteiger partial charge in [0.15, 0.2) is 0 Å². The molecule has 0 aliphatic heterocycles. The molecular formula is C12H13ClN2O3. The van der Waals surface area contributed by atoms with Crippen LogP contribution in [-0.4, -0.2) is 29.7 Å². The number of nitrogens with one attached hydrogen (secondary N) is 1. The molecule has 96 valence electrons. The number of hydrogen-bond acceptors (Lipinski definition) is 3. The topological polar surface area (TPSA) is 88.3 Å². The van der Waals surface area contributed by atoms with Crippen molar-refractivity contribution in [2.75, 3.05) is 13.7 Å². The second-order valence-corrected chi connectivity index (χ2v) is 4.23. The van der Waals surface area contributed by atoms with Gasteiger partial charge in [0.25, 0.3) is 0 Å². The number of fused-ring (bicyclic) bond motifs is 1. The second-order valence-electron chi connectivity index (χ2n) is 3.82. The van der Waals surface area contributed by atoms with Gasteiger partial charge < -0.3 is 20.6 Å². The molecule has 1 heterocycles. The highest BCUT2D eigenvalue weighted by atomic mass is 35.5. The van der Waals surface area contributed by atoms with Gasteiger partial charge in [0, 0.05) is 5.39 Å². The fraction of sp³-hybridized carbons (Fsp3) is 0.250. The number of aromatic carboxylic acids is 1. The molecule has 0 saturated heterocycles. The molecule has 1 aromatic heterocycles. The van der Waals surface area contributed by atoms with Gasteiger partial charge in [0.2, 0.25) is 0 Å². The molecule has 18 heavy (non-hydrogen) atoms. The van der Waals surface area contributed by atoms with E-state index >= 15 is 0 Å². The maximum atomic E-state index is 11.2. The first-order valence-electron chi connectivity index (χ1n) is 5.40. The van der Waals surface area contributed by atoms with E-state index in [-0.39, 0.29) is 5.69 Å². The van der Waals surface area contributed by atoms with Crippen LogP contribution in [-0.2, 0) is 6.42 Å². The molecule has 0 radical (unpaired) electrons. The minimum absolute atomic E-state index is 0.113. The lowest BCUT2D eigenvalue weighted by Gasteiger charge is -2.04. The summed E-state index contributed by atoms with van der Waals surface area (Å²) in [5.74, 6) is -0.479. The number of ether oxygens (including phenoxy) is 1. The average molecular weight is 269 g/mol. The number of halogens is 1. The molecule has 0 fully saturated rings. The van der Waals surface area contributed by atoms with Crippen LogP contribution >= 0.6 is 11.6 Å². The summed E-state index contributed by atoms with van der Waals surface area (Å²) in [6.45, 7) is 0.348. The van der Waals surface area contributed by atoms with Gasteiger partial charge >= 0.3 is 5.97 Å². The third-order valence-corrected chi connectivity index (χ3v) is 3.11. The first-order chi connectivity index (χ1) is 8.60. The molecule has 0 aliphatic carbocycles. The van der Waals surface area contributed by atoms with E-state index in [2.05, 4.69) is 4.98 Å². The summed E-state index contributed by atoms with van der Waals surface area (Å²) in [7, 11) is 1.52. The van der Waals surface area contributed by atoms with Crippen molar-refractivity contribution in [3.05, 3.63) is 28.4 Å². The van der Waals surface area contributed by atoms with Crippen molar-refractivity contribution in [1.29, 1.82) is 0 Å². The van der Waals surface area contributed by atoms with Crippen LogP contribution in [0.25, 0.3) is 10.9 Å². The average Bonchev–Trinajstić information content (AvgIpc) is 2.71. The molecule has 0 atom stereocenters. The SMILES string of the molecule is COc1ccc(Cl)c2c(CCN)c(C(=O)O)[nH]c12. The molecule has 2 aromatic rings. The molecule has 0 spiro atoms. The predicted molar refractivity (Wildman–Crippen MR) is 69.6 cm³/mol. The van der Waals surface area contributed by atoms with Crippen molar-refractivity contribution in [1.82, 2.24) is 4.98 Å². The van der Waals surface area contributed by atoms with Crippen LogP contribution in [0, 0.1) is 0 Å². The van der Waals surface area contributed by atoms with Gasteiger partial charge in [-0.3, -0.25) is 0 Å². The standard InChI is InChI=1S/C12H13ClN2O3/c1-18-8-3-2-7(13)9-6(4-5-14)10(12(16)17)15-11(8)9/h2-3,15H,4-5,14H2,1H3,(H,16,17). The van der Waals surface area contributed by atoms with Gasteiger partial charge in [-0.05, 0) is 30.7 Å². The fourth-order valence-corrected chi connectivity index (χ4v) is 2.32. The van der Waals surface area contributed by atoms with Gasteiger partial charge in [-0.25, -0.2) is 4.79 Å². The van der Waals surface area contributed by atoms with Crippen LogP contribution < -0.4 is 10.5 Å². The summed E-state index contributed by atoms with van der Waals surface area (Å²) in [6, 6.07) is 3.38. The molecule has 4 N–H and O–H groups in total. The van der Waals surface area contributed by atoms with Crippen molar-refractivity contribution in [2.24, 2.45) is 5.73 Å². The molecular weight excluding hydrogens is 256 g/mol. The molecule has 0 unspecified atom stereocenters. The van der Waals surface area contributed by atoms with Gasteiger partial charge in [-0.1, -0.05) is 11.6 Å². The Morgan fingerprint density at radius 3 is 2.83 bits per heavy atom. The van der Waals surface area contributed by atoms with Crippen LogP contribution in [0.15, 0.2) is 12.1 Å². The Hall–Kier alpha value is -1.72. The van der Waals surface area contributed by atoms with E-state index in [4.69, 9.17) is 22.1 Å². The third kappa shape index (κ3) is 1.91. The number of benzene rings is 1. The summed E-state index contributed by atoms with van der Waals surface area (Å²) in [4.78, 5) is 14.1. The number of carboxylic acids is 1. The smallest absolute Gasteiger partial charge is 0.352 e. The Kier molecular flexibility index (Phi) is 3.45. The van der Waals surface area contributed by atoms with Crippen molar-refractivity contribution in [3.8, 4) is 5.75 Å². The van der Waals surface area contributed by atoms with Gasteiger partial charge in [-0.2, -0.15) is 0 Å². The first-order valence-corrected chi connectivity index (χ1v) is 5.78. The third-order valence-electron chi connectivity index (χ3n) is 2.80. The molecule has 0 aliphatic rings. The summed E-state index contributed by atoms with van der Waals surface area (Å²) >= 11 is 6.14. The monoisotopic (exact) mass is 268 g/mol. The van der Waals surface area contributed by atoms with Gasteiger partial charge in [-0.15, -0.1) is 0 Å². The van der Waals surface area contributed by atoms with Crippen molar-refractivity contribution in [2.45, 2.75) is 6.42 Å². The van der Waals surface area contributed by atoms with Crippen molar-refractivity contribution < 1.29 is 14.6 Å². The highest BCUT2D eigenvalue weighted by Gasteiger charge is 2.20. The van der Waals surface area contributed by atoms with Crippen LogP contribution in [0.3, 0.4) is 0 Å². The number of aromatic nitrogens is 1. The van der Waals surface area contributed by atoms with E-state index in [0.29, 0.717) is 40.2 Å². The Morgan fingerprint density at radius 1 is 1.56 bits per heavy atom. The molecule has 1 aromatic carbocycles. The van der Waals surface area contributed by atoms with Gasteiger partial charge in [0.1, 0.15) is 11.4 Å². The van der Waals surface area contributed by atoms with E-state index in [1.54, 1.807) is 12.1 Å². The molecule has 0 bridgehead atoms. The molecule has 0 amide bonds. The van der Waals surface area contributed by atoms with E-state index in [1.807, 2.05) is 0 Å². The van der Waals surface area contributed by atoms with Gasteiger partial charge in [0.05, 0.1) is 17.6 Å². The number of hydrogen-bond donors (Lipinski definition) is 3. The number of H-pyrrole nitrogens is 1. The zero-order valence-electron chi connectivity index (χ0n) is 9.79. The van der Waals surface area contributed by atoms with Crippen molar-refractivity contribution >= 4 is 28.5 Å². The summed E-state index contributed by atoms with van der Waals surface area (Å²) < 4.78 is 5.19. The first kappa shape index (κ1) is 12.7. The summed E-state index contributed by atoms with van der Waals surface area (Å²) in [5.41, 5.74) is 6.84. The zero-order chi connectivity index (χ0) is 13.3. The summed E-state index contributed by atoms with van der Waals surface area (Å²) in [6.07, 6.45) is 0.439. The van der Waals surface area contributed by atoms with E-state index in [9.17, 15) is 9.90 Å². The van der Waals surface area contributed by atoms with Crippen LogP contribution in [0.4, 0.5) is 0 Å². The fourth-order valence-electron chi connectivity index (χ4n) is 2.05. The minimum Gasteiger partial charge on any atom is -0.495 e. The van der Waals surface area contributed by atoms with E-state index in [1.165, 1.54) is 7.11 Å². The Bertz CT molecular complexity index is 607. The molecule has 6 heteroatoms. The number of carbonyl (C=O) groups is 1. The number of carboxylic acid groups (broad SMARTS) is 1. The highest BCUT2D eigenvalue weighted by molar-refractivity contribution is 6.36. The van der Waals surface area contributed by atoms with Crippen molar-refractivity contribution in [3.63, 3.8) is 0 Å². The van der Waals surface area contributed by atoms with E-state index in [0.717, 1.165) is 0 Å². The normalized spacial score (nSPS) is 10.8. The number of methoxy groups -OCH3 is 1. The number of rotatable bonds is 4. The number of aromatic amines is 1. The highest BCUT2D eigenvalue weighted by Crippen LogP contribution is 2.35. The lowest BCUT2D eigenvalue weighted by molar-refractivity contribution is 0.0690. The summed E-state index contributed by atoms with van der Waals surface area (Å²) in [5, 5.41) is 10.3. The van der Waals surface area contributed by atoms with E-state index < -0.39 is 5.97 Å². The second kappa shape index (κ2) is 4.88. The van der Waals surface area contributed by atoms with Crippen LogP contribution in [0.5, 0.6) is 5.75 Å². The maximum Gasteiger partial charge on any atom is 0.352 e. The predicted octanol–water partition coefficient (Wildman–Crippen LogP) is 2.03. The lowest BCUT2D eigenvalue weighted by atomic mass is 10.1. The van der Waals surface area contributed by atoms with Crippen LogP contribution in [0.2, 0.25) is 5.02 Å². The Balaban J connectivity index is 2.83. The quantitative estimate of drug-likeness (QED) is 0.792.